The molecular weight excluding hydrogens is 384 g/mol. The van der Waals surface area contributed by atoms with Gasteiger partial charge in [-0.1, -0.05) is 41.5 Å². The summed E-state index contributed by atoms with van der Waals surface area (Å²) >= 11 is 0. The van der Waals surface area contributed by atoms with Gasteiger partial charge in [-0.15, -0.1) is 0 Å². The van der Waals surface area contributed by atoms with Gasteiger partial charge in [0.2, 0.25) is 5.91 Å². The SMILES string of the molecule is Cc1ccc(S(=O)(=O)N(CC(=O)NCC2=CCCCC2)c2cccc(C)c2)cc1. The summed E-state index contributed by atoms with van der Waals surface area (Å²) in [6.45, 7) is 4.02. The second kappa shape index (κ2) is 9.27. The lowest BCUT2D eigenvalue weighted by atomic mass is 10.00. The number of aryl methyl sites for hydroxylation is 2. The molecule has 3 rings (SSSR count). The van der Waals surface area contributed by atoms with Crippen LogP contribution in [-0.2, 0) is 14.8 Å². The Morgan fingerprint density at radius 1 is 1.03 bits per heavy atom. The third-order valence-electron chi connectivity index (χ3n) is 5.08. The number of allylic oxidation sites excluding steroid dienone is 1. The molecule has 0 heterocycles. The molecule has 1 N–H and O–H groups in total. The van der Waals surface area contributed by atoms with E-state index in [1.807, 2.05) is 19.9 Å². The minimum Gasteiger partial charge on any atom is -0.351 e. The molecule has 2 aromatic carbocycles. The van der Waals surface area contributed by atoms with Crippen molar-refractivity contribution in [2.45, 2.75) is 44.4 Å². The molecule has 0 fully saturated rings. The van der Waals surface area contributed by atoms with Crippen LogP contribution in [0.5, 0.6) is 0 Å². The Morgan fingerprint density at radius 3 is 2.45 bits per heavy atom. The van der Waals surface area contributed by atoms with E-state index in [0.717, 1.165) is 30.4 Å². The molecule has 2 aromatic rings. The number of sulfonamides is 1. The number of carbonyl (C=O) groups is 1. The average molecular weight is 413 g/mol. The molecule has 0 aliphatic heterocycles. The fourth-order valence-electron chi connectivity index (χ4n) is 3.40. The quantitative estimate of drug-likeness (QED) is 0.696. The molecule has 1 aliphatic rings. The highest BCUT2D eigenvalue weighted by atomic mass is 32.2. The van der Waals surface area contributed by atoms with E-state index < -0.39 is 10.0 Å². The number of anilines is 1. The van der Waals surface area contributed by atoms with Crippen molar-refractivity contribution in [3.8, 4) is 0 Å². The van der Waals surface area contributed by atoms with Gasteiger partial charge in [0.05, 0.1) is 10.6 Å². The topological polar surface area (TPSA) is 66.5 Å². The third-order valence-corrected chi connectivity index (χ3v) is 6.87. The van der Waals surface area contributed by atoms with Crippen LogP contribution in [0.4, 0.5) is 5.69 Å². The first-order valence-electron chi connectivity index (χ1n) is 9.97. The van der Waals surface area contributed by atoms with Crippen LogP contribution in [0.2, 0.25) is 0 Å². The van der Waals surface area contributed by atoms with Crippen LogP contribution in [0.25, 0.3) is 0 Å². The molecule has 0 atom stereocenters. The molecule has 0 radical (unpaired) electrons. The summed E-state index contributed by atoms with van der Waals surface area (Å²) in [5.74, 6) is -0.311. The summed E-state index contributed by atoms with van der Waals surface area (Å²) < 4.78 is 27.9. The summed E-state index contributed by atoms with van der Waals surface area (Å²) in [7, 11) is -3.87. The predicted molar refractivity (Wildman–Crippen MR) is 116 cm³/mol. The maximum atomic E-state index is 13.3. The highest BCUT2D eigenvalue weighted by molar-refractivity contribution is 7.92. The minimum absolute atomic E-state index is 0.174. The van der Waals surface area contributed by atoms with Crippen molar-refractivity contribution >= 4 is 21.6 Å². The molecule has 0 saturated carbocycles. The van der Waals surface area contributed by atoms with E-state index in [1.165, 1.54) is 16.3 Å². The Labute approximate surface area is 173 Å². The van der Waals surface area contributed by atoms with Gasteiger partial charge in [0, 0.05) is 6.54 Å². The van der Waals surface area contributed by atoms with E-state index >= 15 is 0 Å². The van der Waals surface area contributed by atoms with E-state index in [-0.39, 0.29) is 17.3 Å². The molecule has 0 saturated heterocycles. The van der Waals surface area contributed by atoms with Gasteiger partial charge in [0.15, 0.2) is 0 Å². The molecule has 154 valence electrons. The normalized spacial score (nSPS) is 14.2. The zero-order valence-corrected chi connectivity index (χ0v) is 17.8. The summed E-state index contributed by atoms with van der Waals surface area (Å²) in [4.78, 5) is 12.8. The first kappa shape index (κ1) is 21.1. The van der Waals surface area contributed by atoms with Crippen molar-refractivity contribution in [2.75, 3.05) is 17.4 Å². The van der Waals surface area contributed by atoms with Gasteiger partial charge >= 0.3 is 0 Å². The minimum atomic E-state index is -3.87. The van der Waals surface area contributed by atoms with Crippen LogP contribution in [0.15, 0.2) is 65.1 Å². The summed E-state index contributed by atoms with van der Waals surface area (Å²) in [6.07, 6.45) is 6.53. The largest absolute Gasteiger partial charge is 0.351 e. The monoisotopic (exact) mass is 412 g/mol. The van der Waals surface area contributed by atoms with Crippen molar-refractivity contribution < 1.29 is 13.2 Å². The van der Waals surface area contributed by atoms with E-state index in [0.29, 0.717) is 12.2 Å². The van der Waals surface area contributed by atoms with Crippen LogP contribution in [0.3, 0.4) is 0 Å². The van der Waals surface area contributed by atoms with Gasteiger partial charge in [0.25, 0.3) is 10.0 Å². The molecule has 1 amide bonds. The number of rotatable bonds is 7. The molecule has 0 spiro atoms. The van der Waals surface area contributed by atoms with Gasteiger partial charge in [-0.2, -0.15) is 0 Å². The van der Waals surface area contributed by atoms with Gasteiger partial charge in [-0.25, -0.2) is 8.42 Å². The Balaban J connectivity index is 1.84. The Kier molecular flexibility index (Phi) is 6.75. The van der Waals surface area contributed by atoms with E-state index in [9.17, 15) is 13.2 Å². The Morgan fingerprint density at radius 2 is 1.79 bits per heavy atom. The summed E-state index contributed by atoms with van der Waals surface area (Å²) in [5.41, 5.74) is 3.61. The zero-order chi connectivity index (χ0) is 20.9. The summed E-state index contributed by atoms with van der Waals surface area (Å²) in [5, 5.41) is 2.89. The molecule has 6 heteroatoms. The van der Waals surface area contributed by atoms with Crippen LogP contribution in [0, 0.1) is 13.8 Å². The number of hydrogen-bond acceptors (Lipinski definition) is 3. The average Bonchev–Trinajstić information content (AvgIpc) is 2.71. The molecule has 5 nitrogen and oxygen atoms in total. The highest BCUT2D eigenvalue weighted by Crippen LogP contribution is 2.25. The smallest absolute Gasteiger partial charge is 0.264 e. The molecule has 29 heavy (non-hydrogen) atoms. The second-order valence-corrected chi connectivity index (χ2v) is 9.41. The summed E-state index contributed by atoms with van der Waals surface area (Å²) in [6, 6.07) is 13.9. The fourth-order valence-corrected chi connectivity index (χ4v) is 4.81. The van der Waals surface area contributed by atoms with E-state index in [2.05, 4.69) is 11.4 Å². The van der Waals surface area contributed by atoms with Crippen molar-refractivity contribution in [1.29, 1.82) is 0 Å². The lowest BCUT2D eigenvalue weighted by molar-refractivity contribution is -0.119. The molecule has 0 unspecified atom stereocenters. The van der Waals surface area contributed by atoms with Crippen molar-refractivity contribution in [3.63, 3.8) is 0 Å². The van der Waals surface area contributed by atoms with Crippen LogP contribution >= 0.6 is 0 Å². The van der Waals surface area contributed by atoms with Crippen molar-refractivity contribution in [2.24, 2.45) is 0 Å². The first-order valence-corrected chi connectivity index (χ1v) is 11.4. The fraction of sp³-hybridized carbons (Fsp3) is 0.348. The molecule has 1 aliphatic carbocycles. The predicted octanol–water partition coefficient (Wildman–Crippen LogP) is 4.12. The van der Waals surface area contributed by atoms with E-state index in [1.54, 1.807) is 42.5 Å². The van der Waals surface area contributed by atoms with Crippen molar-refractivity contribution in [3.05, 3.63) is 71.3 Å². The Hall–Kier alpha value is -2.60. The maximum Gasteiger partial charge on any atom is 0.264 e. The van der Waals surface area contributed by atoms with Crippen LogP contribution in [-0.4, -0.2) is 27.4 Å². The number of hydrogen-bond donors (Lipinski definition) is 1. The molecular formula is C23H28N2O3S. The zero-order valence-electron chi connectivity index (χ0n) is 17.0. The lowest BCUT2D eigenvalue weighted by Crippen LogP contribution is -2.41. The van der Waals surface area contributed by atoms with Crippen LogP contribution < -0.4 is 9.62 Å². The first-order chi connectivity index (χ1) is 13.9. The third kappa shape index (κ3) is 5.48. The van der Waals surface area contributed by atoms with Crippen LogP contribution in [0.1, 0.15) is 36.8 Å². The van der Waals surface area contributed by atoms with Gasteiger partial charge in [0.1, 0.15) is 6.54 Å². The number of benzene rings is 2. The van der Waals surface area contributed by atoms with Gasteiger partial charge in [-0.05, 0) is 69.4 Å². The Bertz CT molecular complexity index is 995. The molecule has 0 aromatic heterocycles. The number of carbonyl (C=O) groups excluding carboxylic acids is 1. The number of nitrogens with one attached hydrogen (secondary N) is 1. The van der Waals surface area contributed by atoms with Crippen molar-refractivity contribution in [1.82, 2.24) is 5.32 Å². The standard InChI is InChI=1S/C23H28N2O3S/c1-18-11-13-22(14-12-18)29(27,28)25(21-10-6-7-19(2)15-21)17-23(26)24-16-20-8-4-3-5-9-20/h6-8,10-15H,3-5,9,16-17H2,1-2H3,(H,24,26). The maximum absolute atomic E-state index is 13.3. The highest BCUT2D eigenvalue weighted by Gasteiger charge is 2.27. The second-order valence-electron chi connectivity index (χ2n) is 7.55. The van der Waals surface area contributed by atoms with Gasteiger partial charge in [-0.3, -0.25) is 9.10 Å². The molecule has 0 bridgehead atoms. The number of amides is 1. The van der Waals surface area contributed by atoms with Gasteiger partial charge < -0.3 is 5.32 Å². The lowest BCUT2D eigenvalue weighted by Gasteiger charge is -2.25. The number of nitrogens with zero attached hydrogens (tertiary/aromatic N) is 1. The van der Waals surface area contributed by atoms with E-state index in [4.69, 9.17) is 0 Å².